The first-order valence-electron chi connectivity index (χ1n) is 5.36. The Kier molecular flexibility index (Phi) is 3.10. The number of ether oxygens (including phenoxy) is 1. The number of anilines is 1. The number of nitrogens with two attached hydrogens (primary N) is 1. The molecule has 0 saturated carbocycles. The molecule has 0 bridgehead atoms. The van der Waals surface area contributed by atoms with Gasteiger partial charge in [0, 0.05) is 12.8 Å². The van der Waals surface area contributed by atoms with E-state index in [2.05, 4.69) is 9.89 Å². The van der Waals surface area contributed by atoms with Gasteiger partial charge in [-0.15, -0.1) is 0 Å². The quantitative estimate of drug-likeness (QED) is 0.773. The predicted octanol–water partition coefficient (Wildman–Crippen LogP) is 1.14. The van der Waals surface area contributed by atoms with Crippen LogP contribution in [0.25, 0.3) is 0 Å². The van der Waals surface area contributed by atoms with Gasteiger partial charge in [0.15, 0.2) is 0 Å². The second kappa shape index (κ2) is 4.53. The molecule has 1 aliphatic heterocycles. The van der Waals surface area contributed by atoms with E-state index < -0.39 is 0 Å². The maximum Gasteiger partial charge on any atom is 0.142 e. The van der Waals surface area contributed by atoms with E-state index >= 15 is 0 Å². The number of likely N-dealkylation sites (N-methyl/N-ethyl adjacent to an activating group) is 1. The van der Waals surface area contributed by atoms with E-state index in [1.54, 1.807) is 0 Å². The van der Waals surface area contributed by atoms with Crippen LogP contribution in [0.3, 0.4) is 0 Å². The van der Waals surface area contributed by atoms with Gasteiger partial charge in [-0.2, -0.15) is 0 Å². The Bertz CT molecular complexity index is 413. The molecular weight excluding hydrogens is 202 g/mol. The smallest absolute Gasteiger partial charge is 0.142 e. The highest BCUT2D eigenvalue weighted by Gasteiger charge is 2.10. The molecule has 0 saturated heterocycles. The maximum atomic E-state index is 5.91. The number of nitrogens with zero attached hydrogens (tertiary/aromatic N) is 2. The Hall–Kier alpha value is -1.55. The standard InChI is InChI=1S/C12H17N3O/c1-15(2)3-4-16-12-6-10-8-14-7-9(10)5-11(12)13/h5-7H,3-4,8,13H2,1-2H3. The Labute approximate surface area is 95.7 Å². The summed E-state index contributed by atoms with van der Waals surface area (Å²) in [5, 5.41) is 0. The fourth-order valence-electron chi connectivity index (χ4n) is 1.62. The number of aliphatic imine (C=N–C) groups is 1. The van der Waals surface area contributed by atoms with Crippen LogP contribution in [0.1, 0.15) is 11.1 Å². The fraction of sp³-hybridized carbons (Fsp3) is 0.417. The Morgan fingerprint density at radius 2 is 2.25 bits per heavy atom. The summed E-state index contributed by atoms with van der Waals surface area (Å²) < 4.78 is 5.65. The lowest BCUT2D eigenvalue weighted by atomic mass is 10.1. The summed E-state index contributed by atoms with van der Waals surface area (Å²) in [7, 11) is 4.03. The second-order valence-corrected chi connectivity index (χ2v) is 4.21. The van der Waals surface area contributed by atoms with Gasteiger partial charge in [0.2, 0.25) is 0 Å². The minimum absolute atomic E-state index is 0.650. The van der Waals surface area contributed by atoms with Crippen LogP contribution in [-0.2, 0) is 6.54 Å². The van der Waals surface area contributed by atoms with Crippen LogP contribution in [0.4, 0.5) is 5.69 Å². The van der Waals surface area contributed by atoms with Crippen molar-refractivity contribution in [3.8, 4) is 5.75 Å². The van der Waals surface area contributed by atoms with Gasteiger partial charge in [-0.3, -0.25) is 4.99 Å². The summed E-state index contributed by atoms with van der Waals surface area (Å²) in [5.74, 6) is 0.770. The lowest BCUT2D eigenvalue weighted by Gasteiger charge is -2.13. The Morgan fingerprint density at radius 1 is 1.44 bits per heavy atom. The van der Waals surface area contributed by atoms with Crippen molar-refractivity contribution in [1.82, 2.24) is 4.90 Å². The molecule has 0 spiro atoms. The second-order valence-electron chi connectivity index (χ2n) is 4.21. The lowest BCUT2D eigenvalue weighted by Crippen LogP contribution is -2.19. The van der Waals surface area contributed by atoms with E-state index in [4.69, 9.17) is 10.5 Å². The van der Waals surface area contributed by atoms with Crippen molar-refractivity contribution in [1.29, 1.82) is 0 Å². The molecule has 4 nitrogen and oxygen atoms in total. The van der Waals surface area contributed by atoms with Gasteiger partial charge in [-0.05, 0) is 37.4 Å². The Morgan fingerprint density at radius 3 is 3.00 bits per heavy atom. The largest absolute Gasteiger partial charge is 0.490 e. The number of nitrogen functional groups attached to an aromatic ring is 1. The van der Waals surface area contributed by atoms with Gasteiger partial charge >= 0.3 is 0 Å². The third-order valence-electron chi connectivity index (χ3n) is 2.56. The molecule has 0 radical (unpaired) electrons. The number of hydrogen-bond donors (Lipinski definition) is 1. The minimum Gasteiger partial charge on any atom is -0.490 e. The van der Waals surface area contributed by atoms with Crippen LogP contribution >= 0.6 is 0 Å². The normalized spacial score (nSPS) is 13.2. The zero-order chi connectivity index (χ0) is 11.5. The molecule has 1 aromatic rings. The van der Waals surface area contributed by atoms with E-state index in [-0.39, 0.29) is 0 Å². The highest BCUT2D eigenvalue weighted by atomic mass is 16.5. The molecule has 86 valence electrons. The van der Waals surface area contributed by atoms with E-state index in [0.29, 0.717) is 12.3 Å². The van der Waals surface area contributed by atoms with Crippen molar-refractivity contribution in [2.75, 3.05) is 33.0 Å². The van der Waals surface area contributed by atoms with Crippen LogP contribution in [-0.4, -0.2) is 38.4 Å². The van der Waals surface area contributed by atoms with Crippen molar-refractivity contribution in [2.45, 2.75) is 6.54 Å². The topological polar surface area (TPSA) is 50.9 Å². The molecule has 0 aromatic heterocycles. The molecule has 2 rings (SSSR count). The SMILES string of the molecule is CN(C)CCOc1cc2c(cc1N)C=NC2. The summed E-state index contributed by atoms with van der Waals surface area (Å²) in [6, 6.07) is 3.92. The van der Waals surface area contributed by atoms with Gasteiger partial charge in [0.25, 0.3) is 0 Å². The number of fused-ring (bicyclic) bond motifs is 1. The van der Waals surface area contributed by atoms with Crippen LogP contribution < -0.4 is 10.5 Å². The van der Waals surface area contributed by atoms with E-state index in [1.807, 2.05) is 32.4 Å². The molecule has 0 amide bonds. The average molecular weight is 219 g/mol. The van der Waals surface area contributed by atoms with E-state index in [1.165, 1.54) is 5.56 Å². The summed E-state index contributed by atoms with van der Waals surface area (Å²) in [4.78, 5) is 6.27. The highest BCUT2D eigenvalue weighted by molar-refractivity contribution is 5.86. The van der Waals surface area contributed by atoms with Gasteiger partial charge in [0.05, 0.1) is 12.2 Å². The summed E-state index contributed by atoms with van der Waals surface area (Å²) >= 11 is 0. The van der Waals surface area contributed by atoms with Gasteiger partial charge in [-0.25, -0.2) is 0 Å². The van der Waals surface area contributed by atoms with Crippen LogP contribution in [0.2, 0.25) is 0 Å². The highest BCUT2D eigenvalue weighted by Crippen LogP contribution is 2.28. The number of benzene rings is 1. The van der Waals surface area contributed by atoms with Gasteiger partial charge in [0.1, 0.15) is 12.4 Å². The van der Waals surface area contributed by atoms with Crippen molar-refractivity contribution in [3.63, 3.8) is 0 Å². The predicted molar refractivity (Wildman–Crippen MR) is 66.2 cm³/mol. The zero-order valence-corrected chi connectivity index (χ0v) is 9.73. The van der Waals surface area contributed by atoms with Crippen molar-refractivity contribution in [2.24, 2.45) is 4.99 Å². The van der Waals surface area contributed by atoms with Crippen molar-refractivity contribution in [3.05, 3.63) is 23.3 Å². The maximum absolute atomic E-state index is 5.91. The third-order valence-corrected chi connectivity index (χ3v) is 2.56. The molecule has 2 N–H and O–H groups in total. The molecule has 0 unspecified atom stereocenters. The fourth-order valence-corrected chi connectivity index (χ4v) is 1.62. The molecule has 4 heteroatoms. The Balaban J connectivity index is 2.05. The van der Waals surface area contributed by atoms with Crippen molar-refractivity contribution >= 4 is 11.9 Å². The summed E-state index contributed by atoms with van der Waals surface area (Å²) in [6.45, 7) is 2.27. The first-order chi connectivity index (χ1) is 7.66. The lowest BCUT2D eigenvalue weighted by molar-refractivity contribution is 0.262. The van der Waals surface area contributed by atoms with Crippen LogP contribution in [0, 0.1) is 0 Å². The average Bonchev–Trinajstić information content (AvgIpc) is 2.64. The first-order valence-corrected chi connectivity index (χ1v) is 5.36. The summed E-state index contributed by atoms with van der Waals surface area (Å²) in [6.07, 6.45) is 1.86. The monoisotopic (exact) mass is 219 g/mol. The number of rotatable bonds is 4. The molecule has 0 fully saturated rings. The summed E-state index contributed by atoms with van der Waals surface area (Å²) in [5.41, 5.74) is 8.89. The zero-order valence-electron chi connectivity index (χ0n) is 9.73. The van der Waals surface area contributed by atoms with Crippen molar-refractivity contribution < 1.29 is 4.74 Å². The molecule has 0 atom stereocenters. The van der Waals surface area contributed by atoms with Crippen LogP contribution in [0.5, 0.6) is 5.75 Å². The minimum atomic E-state index is 0.650. The molecule has 1 aromatic carbocycles. The molecular formula is C12H17N3O. The molecule has 0 aliphatic carbocycles. The molecule has 1 aliphatic rings. The number of hydrogen-bond acceptors (Lipinski definition) is 4. The van der Waals surface area contributed by atoms with Gasteiger partial charge in [-0.1, -0.05) is 0 Å². The van der Waals surface area contributed by atoms with Crippen LogP contribution in [0.15, 0.2) is 17.1 Å². The third kappa shape index (κ3) is 2.33. The molecule has 1 heterocycles. The molecule has 16 heavy (non-hydrogen) atoms. The van der Waals surface area contributed by atoms with Gasteiger partial charge < -0.3 is 15.4 Å². The first kappa shape index (κ1) is 11.0. The van der Waals surface area contributed by atoms with E-state index in [0.717, 1.165) is 24.4 Å². The van der Waals surface area contributed by atoms with E-state index in [9.17, 15) is 0 Å².